The van der Waals surface area contributed by atoms with E-state index in [1.807, 2.05) is 0 Å². The maximum Gasteiger partial charge on any atom is 0.324 e. The normalized spacial score (nSPS) is 27.8. The van der Waals surface area contributed by atoms with Crippen molar-refractivity contribution in [1.82, 2.24) is 15.3 Å². The molecule has 3 atom stereocenters. The van der Waals surface area contributed by atoms with Crippen molar-refractivity contribution >= 4 is 40.8 Å². The number of hydrogen-bond donors (Lipinski definition) is 2. The van der Waals surface area contributed by atoms with E-state index < -0.39 is 40.3 Å². The fraction of sp³-hybridized carbons (Fsp3) is 0.556. The predicted molar refractivity (Wildman–Crippen MR) is 139 cm³/mol. The summed E-state index contributed by atoms with van der Waals surface area (Å²) in [4.78, 5) is 36.3. The van der Waals surface area contributed by atoms with Crippen LogP contribution in [0, 0.1) is 11.2 Å². The quantitative estimate of drug-likeness (QED) is 0.377. The average molecular weight is 549 g/mol. The van der Waals surface area contributed by atoms with E-state index in [4.69, 9.17) is 27.9 Å². The van der Waals surface area contributed by atoms with Crippen molar-refractivity contribution in [3.05, 3.63) is 51.8 Å². The van der Waals surface area contributed by atoms with Crippen LogP contribution in [0.5, 0.6) is 0 Å². The molecule has 10 heteroatoms. The summed E-state index contributed by atoms with van der Waals surface area (Å²) < 4.78 is 21.6. The monoisotopic (exact) mass is 548 g/mol. The summed E-state index contributed by atoms with van der Waals surface area (Å²) >= 11 is 12.3. The lowest BCUT2D eigenvalue weighted by atomic mass is 9.53. The third kappa shape index (κ3) is 4.03. The Kier molecular flexibility index (Phi) is 6.13. The maximum atomic E-state index is 15.8. The largest absolute Gasteiger partial charge is 0.459 e. The molecule has 0 radical (unpaired) electrons. The van der Waals surface area contributed by atoms with E-state index in [0.29, 0.717) is 24.1 Å². The number of carbonyl (C=O) groups excluding carboxylic acids is 2. The lowest BCUT2D eigenvalue weighted by Gasteiger charge is -2.50. The van der Waals surface area contributed by atoms with Crippen LogP contribution in [0.3, 0.4) is 0 Å². The Morgan fingerprint density at radius 1 is 1.16 bits per heavy atom. The molecule has 1 saturated heterocycles. The summed E-state index contributed by atoms with van der Waals surface area (Å²) in [5, 5.41) is 6.43. The Bertz CT molecular complexity index is 1280. The number of nitrogens with zero attached hydrogens (tertiary/aromatic N) is 2. The Hall–Kier alpha value is -2.29. The molecule has 5 rings (SSSR count). The number of halogens is 3. The number of nitrogens with one attached hydrogen (secondary N) is 2. The highest BCUT2D eigenvalue weighted by Gasteiger charge is 2.73. The second-order valence-electron chi connectivity index (χ2n) is 12.2. The van der Waals surface area contributed by atoms with E-state index in [0.717, 1.165) is 12.8 Å². The van der Waals surface area contributed by atoms with Gasteiger partial charge in [0.1, 0.15) is 22.2 Å². The molecule has 2 aliphatic heterocycles. The topological polar surface area (TPSA) is 93.2 Å². The molecule has 3 aliphatic rings. The van der Waals surface area contributed by atoms with Crippen molar-refractivity contribution in [3.8, 4) is 0 Å². The molecule has 1 unspecified atom stereocenters. The molecule has 2 aromatic heterocycles. The number of fused-ring (bicyclic) bond motifs is 3. The van der Waals surface area contributed by atoms with Crippen LogP contribution in [0.2, 0.25) is 10.3 Å². The van der Waals surface area contributed by atoms with E-state index in [-0.39, 0.29) is 27.2 Å². The first-order valence-corrected chi connectivity index (χ1v) is 13.2. The third-order valence-corrected chi connectivity index (χ3v) is 8.69. The minimum absolute atomic E-state index is 0.0506. The number of ether oxygens (including phenoxy) is 1. The molecular weight excluding hydrogens is 518 g/mol. The summed E-state index contributed by atoms with van der Waals surface area (Å²) in [6, 6.07) is 2.06. The first-order chi connectivity index (χ1) is 17.2. The molecule has 2 spiro atoms. The zero-order valence-corrected chi connectivity index (χ0v) is 23.1. The van der Waals surface area contributed by atoms with E-state index in [1.54, 1.807) is 33.0 Å². The Morgan fingerprint density at radius 2 is 1.84 bits per heavy atom. The SMILES string of the molecule is CC1(C)CCC2(CC1)NC(C(=O)OC(C)(C)C)[C@H](c1ccnc(Cl)c1F)[C@]21C(=O)Nc2cc(Cl)ncc21. The molecule has 2 N–H and O–H groups in total. The fourth-order valence-electron chi connectivity index (χ4n) is 6.55. The zero-order chi connectivity index (χ0) is 27.0. The van der Waals surface area contributed by atoms with Crippen molar-refractivity contribution in [2.75, 3.05) is 5.32 Å². The summed E-state index contributed by atoms with van der Waals surface area (Å²) in [7, 11) is 0. The molecule has 7 nitrogen and oxygen atoms in total. The van der Waals surface area contributed by atoms with Crippen LogP contribution in [0.15, 0.2) is 24.5 Å². The highest BCUT2D eigenvalue weighted by atomic mass is 35.5. The second kappa shape index (κ2) is 8.61. The lowest BCUT2D eigenvalue weighted by molar-refractivity contribution is -0.157. The molecule has 1 amide bonds. The van der Waals surface area contributed by atoms with Gasteiger partial charge in [0, 0.05) is 35.1 Å². The van der Waals surface area contributed by atoms with Crippen LogP contribution in [-0.2, 0) is 19.7 Å². The van der Waals surface area contributed by atoms with Crippen LogP contribution >= 0.6 is 23.2 Å². The van der Waals surface area contributed by atoms with Crippen LogP contribution in [0.4, 0.5) is 10.1 Å². The van der Waals surface area contributed by atoms with Gasteiger partial charge < -0.3 is 10.1 Å². The molecule has 37 heavy (non-hydrogen) atoms. The number of anilines is 1. The van der Waals surface area contributed by atoms with Crippen molar-refractivity contribution in [2.45, 2.75) is 88.8 Å². The standard InChI is InChI=1S/C27H31Cl2FN4O3/c1-24(2,3)37-22(35)20-18(14-6-11-31-21(29)19(14)30)27(26(34-20)9-7-25(4,5)8-10-26)15-13-32-17(28)12-16(15)33-23(27)36/h6,11-13,18,20,34H,7-10H2,1-5H3,(H,33,36)/t18-,20?,27+/m0/s1. The van der Waals surface area contributed by atoms with E-state index in [9.17, 15) is 9.59 Å². The zero-order valence-electron chi connectivity index (χ0n) is 21.5. The summed E-state index contributed by atoms with van der Waals surface area (Å²) in [5.41, 5.74) is -1.77. The molecule has 1 saturated carbocycles. The van der Waals surface area contributed by atoms with Gasteiger partial charge in [-0.15, -0.1) is 0 Å². The van der Waals surface area contributed by atoms with Crippen LogP contribution < -0.4 is 10.6 Å². The Labute approximate surface area is 225 Å². The van der Waals surface area contributed by atoms with E-state index in [1.165, 1.54) is 12.3 Å². The van der Waals surface area contributed by atoms with Gasteiger partial charge in [-0.1, -0.05) is 37.0 Å². The Balaban J connectivity index is 1.81. The van der Waals surface area contributed by atoms with Gasteiger partial charge in [-0.05, 0) is 69.6 Å². The van der Waals surface area contributed by atoms with Crippen molar-refractivity contribution in [1.29, 1.82) is 0 Å². The molecule has 0 bridgehead atoms. The number of amides is 1. The van der Waals surface area contributed by atoms with E-state index >= 15 is 4.39 Å². The van der Waals surface area contributed by atoms with Gasteiger partial charge in [0.25, 0.3) is 0 Å². The van der Waals surface area contributed by atoms with Gasteiger partial charge in [-0.25, -0.2) is 14.4 Å². The molecule has 2 aromatic rings. The smallest absolute Gasteiger partial charge is 0.324 e. The molecule has 1 aliphatic carbocycles. The van der Waals surface area contributed by atoms with Gasteiger partial charge in [0.05, 0.1) is 0 Å². The average Bonchev–Trinajstić information content (AvgIpc) is 3.25. The fourth-order valence-corrected chi connectivity index (χ4v) is 6.88. The Morgan fingerprint density at radius 3 is 2.49 bits per heavy atom. The van der Waals surface area contributed by atoms with Gasteiger partial charge >= 0.3 is 5.97 Å². The highest BCUT2D eigenvalue weighted by molar-refractivity contribution is 6.30. The van der Waals surface area contributed by atoms with Gasteiger partial charge in [0.15, 0.2) is 11.0 Å². The van der Waals surface area contributed by atoms with Gasteiger partial charge in [-0.3, -0.25) is 14.9 Å². The maximum absolute atomic E-state index is 15.8. The number of rotatable bonds is 2. The van der Waals surface area contributed by atoms with Gasteiger partial charge in [0.2, 0.25) is 5.91 Å². The third-order valence-electron chi connectivity index (χ3n) is 8.22. The number of pyridine rings is 2. The van der Waals surface area contributed by atoms with Crippen molar-refractivity contribution in [3.63, 3.8) is 0 Å². The predicted octanol–water partition coefficient (Wildman–Crippen LogP) is 5.55. The van der Waals surface area contributed by atoms with E-state index in [2.05, 4.69) is 34.4 Å². The van der Waals surface area contributed by atoms with Crippen molar-refractivity contribution in [2.24, 2.45) is 5.41 Å². The number of aromatic nitrogens is 2. The first-order valence-electron chi connectivity index (χ1n) is 12.5. The minimum Gasteiger partial charge on any atom is -0.459 e. The second-order valence-corrected chi connectivity index (χ2v) is 12.9. The highest BCUT2D eigenvalue weighted by Crippen LogP contribution is 2.64. The number of carbonyl (C=O) groups is 2. The van der Waals surface area contributed by atoms with Crippen LogP contribution in [0.25, 0.3) is 0 Å². The summed E-state index contributed by atoms with van der Waals surface area (Å²) in [5.74, 6) is -2.63. The molecule has 2 fully saturated rings. The molecule has 0 aromatic carbocycles. The summed E-state index contributed by atoms with van der Waals surface area (Å²) in [6.07, 6.45) is 5.75. The minimum atomic E-state index is -1.37. The number of hydrogen-bond acceptors (Lipinski definition) is 6. The molecule has 198 valence electrons. The number of esters is 1. The first kappa shape index (κ1) is 26.3. The molecule has 4 heterocycles. The lowest BCUT2D eigenvalue weighted by Crippen LogP contribution is -2.61. The van der Waals surface area contributed by atoms with Gasteiger partial charge in [-0.2, -0.15) is 0 Å². The van der Waals surface area contributed by atoms with Crippen LogP contribution in [0.1, 0.15) is 77.3 Å². The summed E-state index contributed by atoms with van der Waals surface area (Å²) in [6.45, 7) is 9.71. The van der Waals surface area contributed by atoms with Crippen molar-refractivity contribution < 1.29 is 18.7 Å². The molecular formula is C27H31Cl2FN4O3. The van der Waals surface area contributed by atoms with Crippen LogP contribution in [-0.4, -0.2) is 39.0 Å².